The van der Waals surface area contributed by atoms with Gasteiger partial charge >= 0.3 is 5.97 Å². The normalized spacial score (nSPS) is 28.9. The molecule has 2 fully saturated rings. The molecule has 0 amide bonds. The number of aliphatic hydroxyl groups is 2. The molecule has 0 aromatic heterocycles. The number of carboxylic acids is 1. The molecule has 0 bridgehead atoms. The second kappa shape index (κ2) is 8.88. The number of aliphatic hydroxyl groups excluding tert-OH is 2. The fraction of sp³-hybridized carbons (Fsp3) is 0.545. The minimum absolute atomic E-state index is 0.00452. The summed E-state index contributed by atoms with van der Waals surface area (Å²) in [5.41, 5.74) is 4.05. The van der Waals surface area contributed by atoms with Crippen molar-refractivity contribution in [3.05, 3.63) is 47.0 Å². The third-order valence-electron chi connectivity index (χ3n) is 5.89. The molecule has 6 heteroatoms. The van der Waals surface area contributed by atoms with Crippen LogP contribution in [-0.2, 0) is 9.63 Å². The Labute approximate surface area is 165 Å². The van der Waals surface area contributed by atoms with Gasteiger partial charge in [-0.05, 0) is 50.2 Å². The third-order valence-corrected chi connectivity index (χ3v) is 5.89. The van der Waals surface area contributed by atoms with Crippen molar-refractivity contribution in [2.75, 3.05) is 6.61 Å². The van der Waals surface area contributed by atoms with Crippen LogP contribution >= 0.6 is 0 Å². The molecule has 1 aromatic rings. The van der Waals surface area contributed by atoms with E-state index in [2.05, 4.69) is 11.2 Å². The summed E-state index contributed by atoms with van der Waals surface area (Å²) in [6, 6.07) is 5.99. The highest BCUT2D eigenvalue weighted by Crippen LogP contribution is 2.48. The Morgan fingerprint density at radius 3 is 2.89 bits per heavy atom. The minimum Gasteiger partial charge on any atom is -0.481 e. The fourth-order valence-electron chi connectivity index (χ4n) is 4.26. The number of aliphatic carboxylic acids is 1. The molecular formula is C22H29NO5. The van der Waals surface area contributed by atoms with Crippen LogP contribution in [0.2, 0.25) is 0 Å². The first-order valence-electron chi connectivity index (χ1n) is 9.89. The second-order valence-corrected chi connectivity index (χ2v) is 7.97. The molecule has 152 valence electrons. The Balaban J connectivity index is 1.53. The molecule has 3 N–H and O–H groups in total. The van der Waals surface area contributed by atoms with Gasteiger partial charge in [0.2, 0.25) is 0 Å². The molecule has 6 nitrogen and oxygen atoms in total. The highest BCUT2D eigenvalue weighted by molar-refractivity contribution is 5.93. The Hall–Kier alpha value is -2.18. The Kier molecular flexibility index (Phi) is 6.52. The molecule has 28 heavy (non-hydrogen) atoms. The largest absolute Gasteiger partial charge is 0.481 e. The van der Waals surface area contributed by atoms with Gasteiger partial charge in [-0.25, -0.2) is 0 Å². The first kappa shape index (κ1) is 20.6. The molecule has 5 atom stereocenters. The Morgan fingerprint density at radius 2 is 2.18 bits per heavy atom. The number of hydrogen-bond donors (Lipinski definition) is 3. The number of aryl methyl sites for hydroxylation is 2. The van der Waals surface area contributed by atoms with Gasteiger partial charge in [0, 0.05) is 18.3 Å². The smallest absolute Gasteiger partial charge is 0.303 e. The molecule has 2 aliphatic rings. The first-order valence-corrected chi connectivity index (χ1v) is 9.89. The van der Waals surface area contributed by atoms with Gasteiger partial charge in [0.1, 0.15) is 6.61 Å². The standard InChI is InChI=1S/C22H29NO5/c1-13-5-7-16(14(2)10-13)20(24)8-6-15-11-17-18(22(15)27)12-19(17)23-28-9-3-4-21(25)26/h5-8,10,15,17-18,20,22,24,27H,3-4,9,11-12H2,1-2H3,(H,25,26)/t15?,17-,18+,20?,22?/m0/s1. The molecule has 0 saturated heterocycles. The van der Waals surface area contributed by atoms with Gasteiger partial charge in [-0.3, -0.25) is 4.79 Å². The van der Waals surface area contributed by atoms with E-state index in [4.69, 9.17) is 9.94 Å². The summed E-state index contributed by atoms with van der Waals surface area (Å²) in [4.78, 5) is 15.7. The highest BCUT2D eigenvalue weighted by atomic mass is 16.6. The number of nitrogens with zero attached hydrogens (tertiary/aromatic N) is 1. The molecule has 0 spiro atoms. The molecule has 2 saturated carbocycles. The lowest BCUT2D eigenvalue weighted by molar-refractivity contribution is -0.137. The van der Waals surface area contributed by atoms with E-state index in [-0.39, 0.29) is 24.2 Å². The first-order chi connectivity index (χ1) is 13.4. The monoisotopic (exact) mass is 387 g/mol. The summed E-state index contributed by atoms with van der Waals surface area (Å²) in [6.45, 7) is 4.31. The van der Waals surface area contributed by atoms with Crippen molar-refractivity contribution in [3.63, 3.8) is 0 Å². The van der Waals surface area contributed by atoms with Gasteiger partial charge in [0.05, 0.1) is 17.9 Å². The summed E-state index contributed by atoms with van der Waals surface area (Å²) >= 11 is 0. The van der Waals surface area contributed by atoms with Gasteiger partial charge in [-0.2, -0.15) is 0 Å². The van der Waals surface area contributed by atoms with Crippen LogP contribution in [0.1, 0.15) is 48.5 Å². The number of rotatable bonds is 8. The average molecular weight is 387 g/mol. The Morgan fingerprint density at radius 1 is 1.39 bits per heavy atom. The van der Waals surface area contributed by atoms with Crippen molar-refractivity contribution in [2.24, 2.45) is 22.9 Å². The zero-order chi connectivity index (χ0) is 20.3. The van der Waals surface area contributed by atoms with Crippen molar-refractivity contribution in [1.82, 2.24) is 0 Å². The summed E-state index contributed by atoms with van der Waals surface area (Å²) < 4.78 is 0. The molecule has 0 heterocycles. The summed E-state index contributed by atoms with van der Waals surface area (Å²) in [5.74, 6) is -0.441. The molecular weight excluding hydrogens is 358 g/mol. The maximum absolute atomic E-state index is 10.5. The average Bonchev–Trinajstić information content (AvgIpc) is 2.86. The van der Waals surface area contributed by atoms with E-state index >= 15 is 0 Å². The Bertz CT molecular complexity index is 772. The molecule has 0 radical (unpaired) electrons. The van der Waals surface area contributed by atoms with E-state index in [1.807, 2.05) is 32.1 Å². The lowest BCUT2D eigenvalue weighted by Gasteiger charge is -2.33. The minimum atomic E-state index is -0.837. The van der Waals surface area contributed by atoms with Gasteiger partial charge in [0.25, 0.3) is 0 Å². The van der Waals surface area contributed by atoms with Crippen LogP contribution in [0.4, 0.5) is 0 Å². The van der Waals surface area contributed by atoms with Crippen LogP contribution < -0.4 is 0 Å². The van der Waals surface area contributed by atoms with Crippen molar-refractivity contribution < 1.29 is 25.0 Å². The van der Waals surface area contributed by atoms with Crippen LogP contribution in [0, 0.1) is 31.6 Å². The number of carbonyl (C=O) groups is 1. The van der Waals surface area contributed by atoms with Crippen molar-refractivity contribution in [2.45, 2.75) is 51.7 Å². The molecule has 0 aliphatic heterocycles. The van der Waals surface area contributed by atoms with E-state index < -0.39 is 18.2 Å². The zero-order valence-electron chi connectivity index (χ0n) is 16.4. The van der Waals surface area contributed by atoms with Crippen molar-refractivity contribution in [3.8, 4) is 0 Å². The maximum atomic E-state index is 10.5. The van der Waals surface area contributed by atoms with Crippen LogP contribution in [0.25, 0.3) is 0 Å². The number of fused-ring (bicyclic) bond motifs is 1. The van der Waals surface area contributed by atoms with Crippen molar-refractivity contribution >= 4 is 11.7 Å². The van der Waals surface area contributed by atoms with Crippen LogP contribution in [0.5, 0.6) is 0 Å². The lowest BCUT2D eigenvalue weighted by Crippen LogP contribution is -2.38. The van der Waals surface area contributed by atoms with Gasteiger partial charge in [-0.15, -0.1) is 0 Å². The molecule has 3 rings (SSSR count). The van der Waals surface area contributed by atoms with E-state index in [1.165, 1.54) is 0 Å². The van der Waals surface area contributed by atoms with E-state index in [0.717, 1.165) is 28.8 Å². The molecule has 3 unspecified atom stereocenters. The predicted octanol–water partition coefficient (Wildman–Crippen LogP) is 3.15. The quantitative estimate of drug-likeness (QED) is 0.361. The highest BCUT2D eigenvalue weighted by Gasteiger charge is 2.51. The number of oxime groups is 1. The predicted molar refractivity (Wildman–Crippen MR) is 106 cm³/mol. The number of hydrogen-bond acceptors (Lipinski definition) is 5. The van der Waals surface area contributed by atoms with Crippen LogP contribution in [-0.4, -0.2) is 39.7 Å². The van der Waals surface area contributed by atoms with Crippen LogP contribution in [0.15, 0.2) is 35.5 Å². The van der Waals surface area contributed by atoms with Gasteiger partial charge in [-0.1, -0.05) is 41.1 Å². The SMILES string of the molecule is Cc1ccc(C(O)C=CC2C[C@@H]3C(=NOCCCC(=O)O)C[C@H]3C2O)c(C)c1. The topological polar surface area (TPSA) is 99.4 Å². The van der Waals surface area contributed by atoms with Gasteiger partial charge < -0.3 is 20.2 Å². The van der Waals surface area contributed by atoms with Crippen LogP contribution in [0.3, 0.4) is 0 Å². The summed E-state index contributed by atoms with van der Waals surface area (Å²) in [7, 11) is 0. The maximum Gasteiger partial charge on any atom is 0.303 e. The van der Waals surface area contributed by atoms with Crippen molar-refractivity contribution in [1.29, 1.82) is 0 Å². The fourth-order valence-corrected chi connectivity index (χ4v) is 4.26. The molecule has 1 aromatic carbocycles. The van der Waals surface area contributed by atoms with Gasteiger partial charge in [0.15, 0.2) is 0 Å². The van der Waals surface area contributed by atoms with E-state index in [1.54, 1.807) is 6.08 Å². The van der Waals surface area contributed by atoms with E-state index in [9.17, 15) is 15.0 Å². The third kappa shape index (κ3) is 4.62. The zero-order valence-corrected chi connectivity index (χ0v) is 16.4. The molecule has 2 aliphatic carbocycles. The number of benzene rings is 1. The lowest BCUT2D eigenvalue weighted by atomic mass is 9.73. The second-order valence-electron chi connectivity index (χ2n) is 7.97. The number of carboxylic acid groups (broad SMARTS) is 1. The summed E-state index contributed by atoms with van der Waals surface area (Å²) in [5, 5.41) is 33.8. The van der Waals surface area contributed by atoms with E-state index in [0.29, 0.717) is 19.4 Å². The summed E-state index contributed by atoms with van der Waals surface area (Å²) in [6.07, 6.45) is 4.60.